The van der Waals surface area contributed by atoms with Gasteiger partial charge in [-0.15, -0.1) is 11.4 Å². The second-order valence-electron chi connectivity index (χ2n) is 2.09. The summed E-state index contributed by atoms with van der Waals surface area (Å²) in [5.74, 6) is 0. The lowest BCUT2D eigenvalue weighted by Gasteiger charge is -2.06. The van der Waals surface area contributed by atoms with E-state index in [4.69, 9.17) is 6.81 Å². The Labute approximate surface area is 78.4 Å². The van der Waals surface area contributed by atoms with Crippen LogP contribution in [0.4, 0.5) is 0 Å². The van der Waals surface area contributed by atoms with Gasteiger partial charge in [0.05, 0.1) is 1.28 Å². The van der Waals surface area contributed by atoms with E-state index in [-0.39, 0.29) is 13.8 Å². The van der Waals surface area contributed by atoms with Crippen molar-refractivity contribution < 1.29 is 0 Å². The summed E-state index contributed by atoms with van der Waals surface area (Å²) in [5, 5.41) is 3.35. The first-order valence-corrected chi connectivity index (χ1v) is 5.40. The predicted molar refractivity (Wildman–Crippen MR) is 55.6 cm³/mol. The molecular formula is C7H8N3PS. The normalized spacial score (nSPS) is 13.8. The highest BCUT2D eigenvalue weighted by Crippen LogP contribution is 2.34. The molecule has 0 aliphatic carbocycles. The monoisotopic (exact) mass is 199 g/mol. The van der Waals surface area contributed by atoms with E-state index in [2.05, 4.69) is 10.0 Å². The van der Waals surface area contributed by atoms with Crippen LogP contribution in [0.15, 0.2) is 35.4 Å². The van der Waals surface area contributed by atoms with E-state index in [9.17, 15) is 0 Å². The second kappa shape index (κ2) is 5.04. The van der Waals surface area contributed by atoms with Gasteiger partial charge in [0.15, 0.2) is 0 Å². The number of rotatable bonds is 4. The maximum Gasteiger partial charge on any atom is 0.112 e. The molecule has 0 fully saturated rings. The lowest BCUT2D eigenvalue weighted by atomic mass is 10.2. The molecule has 0 aromatic heterocycles. The fourth-order valence-electron chi connectivity index (χ4n) is 0.823. The molecule has 1 aromatic rings. The molecule has 2 unspecified atom stereocenters. The third-order valence-electron chi connectivity index (χ3n) is 1.35. The van der Waals surface area contributed by atoms with Crippen LogP contribution in [0.25, 0.3) is 10.4 Å². The van der Waals surface area contributed by atoms with Crippen molar-refractivity contribution in [2.24, 2.45) is 5.11 Å². The zero-order chi connectivity index (χ0) is 9.52. The van der Waals surface area contributed by atoms with Gasteiger partial charge in [0, 0.05) is 4.91 Å². The summed E-state index contributed by atoms with van der Waals surface area (Å²) in [5.41, 5.74) is 9.26. The Morgan fingerprint density at radius 2 is 2.33 bits per heavy atom. The van der Waals surface area contributed by atoms with Crippen molar-refractivity contribution in [3.63, 3.8) is 0 Å². The highest BCUT2D eigenvalue weighted by molar-refractivity contribution is 8.43. The van der Waals surface area contributed by atoms with Crippen LogP contribution in [0, 0.1) is 0 Å². The van der Waals surface area contributed by atoms with Crippen molar-refractivity contribution in [1.82, 2.24) is 0 Å². The van der Waals surface area contributed by atoms with Gasteiger partial charge in [0.2, 0.25) is 0 Å². The molecule has 0 aliphatic heterocycles. The number of azide groups is 1. The van der Waals surface area contributed by atoms with Gasteiger partial charge in [0.1, 0.15) is 5.37 Å². The van der Waals surface area contributed by atoms with Gasteiger partial charge in [-0.1, -0.05) is 43.8 Å². The van der Waals surface area contributed by atoms with Crippen LogP contribution >= 0.6 is 19.8 Å². The molecule has 0 amide bonds. The molecule has 2 atom stereocenters. The number of benzene rings is 1. The van der Waals surface area contributed by atoms with Gasteiger partial charge in [-0.3, -0.25) is 0 Å². The zero-order valence-corrected chi connectivity index (χ0v) is 8.03. The smallest absolute Gasteiger partial charge is 0.112 e. The Bertz CT molecular complexity index is 302. The maximum atomic E-state index is 8.31. The second-order valence-corrected chi connectivity index (χ2v) is 3.48. The molecule has 1 aromatic carbocycles. The standard InChI is InChI=1S/C7H8N3PS/c8-10-9-7(12-11)6-4-2-1-3-5-6/h1-5,7H,11H2/i11T. The maximum absolute atomic E-state index is 8.31. The first kappa shape index (κ1) is 7.93. The van der Waals surface area contributed by atoms with E-state index in [1.807, 2.05) is 30.3 Å². The minimum Gasteiger partial charge on any atom is -0.127 e. The Morgan fingerprint density at radius 3 is 2.92 bits per heavy atom. The number of hydrogen-bond donors (Lipinski definition) is 0. The fraction of sp³-hybridized carbons (Fsp3) is 0.143. The first-order chi connectivity index (χ1) is 6.38. The predicted octanol–water partition coefficient (Wildman–Crippen LogP) is 3.52. The van der Waals surface area contributed by atoms with Crippen molar-refractivity contribution >= 4 is 19.8 Å². The summed E-state index contributed by atoms with van der Waals surface area (Å²) in [6.07, 6.45) is 0. The largest absolute Gasteiger partial charge is 0.127 e. The molecule has 1 rings (SSSR count). The highest BCUT2D eigenvalue weighted by atomic mass is 32.7. The SMILES string of the molecule is [3H]PSC(N=[N+]=[N-])c1ccccc1. The molecule has 0 aliphatic rings. The minimum absolute atomic E-state index is 0.0247. The van der Waals surface area contributed by atoms with E-state index >= 15 is 0 Å². The summed E-state index contributed by atoms with van der Waals surface area (Å²) in [6.45, 7) is 0. The third-order valence-corrected chi connectivity index (χ3v) is 2.61. The topological polar surface area (TPSA) is 48.8 Å². The van der Waals surface area contributed by atoms with Gasteiger partial charge in [0.25, 0.3) is 0 Å². The van der Waals surface area contributed by atoms with Crippen molar-refractivity contribution in [1.29, 1.82) is 1.28 Å². The van der Waals surface area contributed by atoms with Crippen molar-refractivity contribution in [3.8, 4) is 0 Å². The van der Waals surface area contributed by atoms with Crippen molar-refractivity contribution in [2.45, 2.75) is 5.37 Å². The fourth-order valence-corrected chi connectivity index (χ4v) is 1.76. The van der Waals surface area contributed by atoms with Crippen LogP contribution in [0.2, 0.25) is 0 Å². The summed E-state index contributed by atoms with van der Waals surface area (Å²) in [6, 6.07) is 9.48. The Hall–Kier alpha value is -0.690. The third kappa shape index (κ3) is 2.42. The van der Waals surface area contributed by atoms with E-state index in [1.54, 1.807) is 0 Å². The number of nitrogens with zero attached hydrogens (tertiary/aromatic N) is 3. The van der Waals surface area contributed by atoms with Crippen LogP contribution < -0.4 is 0 Å². The summed E-state index contributed by atoms with van der Waals surface area (Å²) < 4.78 is 7.07. The van der Waals surface area contributed by atoms with Gasteiger partial charge in [-0.25, -0.2) is 0 Å². The lowest BCUT2D eigenvalue weighted by Crippen LogP contribution is -1.84. The molecular weight excluding hydrogens is 189 g/mol. The van der Waals surface area contributed by atoms with Crippen molar-refractivity contribution in [2.75, 3.05) is 0 Å². The Kier molecular flexibility index (Phi) is 3.33. The zero-order valence-electron chi connectivity index (χ0n) is 7.21. The van der Waals surface area contributed by atoms with Crippen LogP contribution in [0.5, 0.6) is 0 Å². The Balaban J connectivity index is 2.81. The molecule has 12 heavy (non-hydrogen) atoms. The highest BCUT2D eigenvalue weighted by Gasteiger charge is 2.05. The molecule has 0 saturated heterocycles. The summed E-state index contributed by atoms with van der Waals surface area (Å²) in [7, 11) is -0.0247. The number of hydrogen-bond acceptors (Lipinski definition) is 2. The van der Waals surface area contributed by atoms with Crippen LogP contribution in [-0.4, -0.2) is 1.28 Å². The Morgan fingerprint density at radius 1 is 1.58 bits per heavy atom. The van der Waals surface area contributed by atoms with Crippen LogP contribution in [0.1, 0.15) is 10.9 Å². The minimum atomic E-state index is -0.262. The lowest BCUT2D eigenvalue weighted by molar-refractivity contribution is 1.02. The molecule has 0 bridgehead atoms. The van der Waals surface area contributed by atoms with E-state index in [0.29, 0.717) is 0 Å². The molecule has 62 valence electrons. The quantitative estimate of drug-likeness (QED) is 0.317. The van der Waals surface area contributed by atoms with Crippen LogP contribution in [-0.2, 0) is 0 Å². The molecule has 0 saturated carbocycles. The van der Waals surface area contributed by atoms with E-state index < -0.39 is 0 Å². The first-order valence-electron chi connectivity index (χ1n) is 3.80. The molecule has 5 heteroatoms. The molecule has 0 N–H and O–H groups in total. The van der Waals surface area contributed by atoms with E-state index in [0.717, 1.165) is 5.56 Å². The molecule has 3 nitrogen and oxygen atoms in total. The van der Waals surface area contributed by atoms with Crippen molar-refractivity contribution in [3.05, 3.63) is 46.3 Å². The molecule has 0 spiro atoms. The van der Waals surface area contributed by atoms with Gasteiger partial charge in [-0.2, -0.15) is 0 Å². The van der Waals surface area contributed by atoms with E-state index in [1.165, 1.54) is 11.4 Å². The van der Waals surface area contributed by atoms with Gasteiger partial charge >= 0.3 is 0 Å². The van der Waals surface area contributed by atoms with Gasteiger partial charge < -0.3 is 0 Å². The molecule has 0 radical (unpaired) electrons. The van der Waals surface area contributed by atoms with Gasteiger partial charge in [-0.05, 0) is 11.1 Å². The van der Waals surface area contributed by atoms with Crippen LogP contribution in [0.3, 0.4) is 0 Å². The summed E-state index contributed by atoms with van der Waals surface area (Å²) in [4.78, 5) is 2.76. The molecule has 0 heterocycles. The average Bonchev–Trinajstić information content (AvgIpc) is 2.19. The average molecular weight is 199 g/mol. The summed E-state index contributed by atoms with van der Waals surface area (Å²) >= 11 is 1.33.